The minimum absolute atomic E-state index is 0.198. The van der Waals surface area contributed by atoms with Crippen LogP contribution in [0.5, 0.6) is 0 Å². The van der Waals surface area contributed by atoms with Gasteiger partial charge in [0, 0.05) is 10.7 Å². The van der Waals surface area contributed by atoms with E-state index < -0.39 is 29.5 Å². The summed E-state index contributed by atoms with van der Waals surface area (Å²) in [7, 11) is 0. The molecule has 2 saturated heterocycles. The smallest absolute Gasteiger partial charge is 0.310 e. The zero-order chi connectivity index (χ0) is 14.8. The van der Waals surface area contributed by atoms with Crippen LogP contribution in [0.1, 0.15) is 0 Å². The van der Waals surface area contributed by atoms with E-state index in [-0.39, 0.29) is 5.91 Å². The summed E-state index contributed by atoms with van der Waals surface area (Å²) >= 11 is 5.86. The molecule has 1 aromatic rings. The number of anilines is 1. The number of amides is 1. The van der Waals surface area contributed by atoms with Crippen LogP contribution in [0.4, 0.5) is 5.69 Å². The molecule has 0 unspecified atom stereocenters. The van der Waals surface area contributed by atoms with Crippen molar-refractivity contribution in [2.45, 2.75) is 11.7 Å². The molecule has 108 valence electrons. The fraction of sp³-hybridized carbons (Fsp3) is 0.333. The molecule has 0 aliphatic carbocycles. The number of benzene rings is 1. The van der Waals surface area contributed by atoms with Gasteiger partial charge in [0.2, 0.25) is 5.91 Å². The third kappa shape index (κ3) is 1.61. The van der Waals surface area contributed by atoms with Crippen LogP contribution in [0, 0.1) is 11.8 Å². The Hall–Kier alpha value is -1.85. The summed E-state index contributed by atoms with van der Waals surface area (Å²) in [5, 5.41) is 9.98. The highest BCUT2D eigenvalue weighted by atomic mass is 35.5. The van der Waals surface area contributed by atoms with Gasteiger partial charge in [-0.3, -0.25) is 9.59 Å². The number of hydrogen-bond donors (Lipinski definition) is 1. The molecule has 3 aliphatic rings. The van der Waals surface area contributed by atoms with E-state index >= 15 is 0 Å². The van der Waals surface area contributed by atoms with Crippen LogP contribution < -0.4 is 4.90 Å². The monoisotopic (exact) mass is 305 g/mol. The number of rotatable bonds is 2. The molecule has 0 saturated carbocycles. The summed E-state index contributed by atoms with van der Waals surface area (Å²) in [6.07, 6.45) is 3.10. The molecule has 1 aromatic carbocycles. The molecule has 3 aliphatic heterocycles. The van der Waals surface area contributed by atoms with Crippen molar-refractivity contribution in [2.24, 2.45) is 11.8 Å². The van der Waals surface area contributed by atoms with Crippen LogP contribution in [0.3, 0.4) is 0 Å². The lowest BCUT2D eigenvalue weighted by molar-refractivity contribution is -0.146. The summed E-state index contributed by atoms with van der Waals surface area (Å²) in [6, 6.07) is 6.92. The summed E-state index contributed by atoms with van der Waals surface area (Å²) < 4.78 is 5.82. The lowest BCUT2D eigenvalue weighted by Gasteiger charge is -2.21. The fourth-order valence-electron chi connectivity index (χ4n) is 3.62. The molecule has 1 spiro atoms. The van der Waals surface area contributed by atoms with Crippen molar-refractivity contribution in [3.05, 3.63) is 41.4 Å². The van der Waals surface area contributed by atoms with E-state index in [1.54, 1.807) is 35.2 Å². The SMILES string of the molecule is O=C(O)[C@H]1[C@H]2C(=O)N(c3ccc(Cl)cc3)C[C@]23C=C[C@H]1O3. The molecular formula is C15H12ClNO4. The normalized spacial score (nSPS) is 36.3. The minimum atomic E-state index is -0.984. The molecule has 0 radical (unpaired) electrons. The van der Waals surface area contributed by atoms with E-state index in [4.69, 9.17) is 16.3 Å². The molecule has 4 atom stereocenters. The Morgan fingerprint density at radius 3 is 2.76 bits per heavy atom. The first-order valence-corrected chi connectivity index (χ1v) is 7.07. The fourth-order valence-corrected chi connectivity index (χ4v) is 3.75. The van der Waals surface area contributed by atoms with E-state index in [0.29, 0.717) is 17.3 Å². The highest BCUT2D eigenvalue weighted by Gasteiger charge is 2.67. The summed E-state index contributed by atoms with van der Waals surface area (Å²) in [4.78, 5) is 25.7. The van der Waals surface area contributed by atoms with Gasteiger partial charge in [-0.15, -0.1) is 0 Å². The van der Waals surface area contributed by atoms with Gasteiger partial charge in [0.25, 0.3) is 0 Å². The lowest BCUT2D eigenvalue weighted by Crippen LogP contribution is -2.39. The average Bonchev–Trinajstić information content (AvgIpc) is 3.08. The molecular weight excluding hydrogens is 294 g/mol. The van der Waals surface area contributed by atoms with Crippen LogP contribution >= 0.6 is 11.6 Å². The summed E-state index contributed by atoms with van der Waals surface area (Å²) in [5.41, 5.74) is -0.0949. The van der Waals surface area contributed by atoms with E-state index in [1.807, 2.05) is 6.08 Å². The van der Waals surface area contributed by atoms with Crippen molar-refractivity contribution in [1.29, 1.82) is 0 Å². The maximum atomic E-state index is 12.7. The third-order valence-corrected chi connectivity index (χ3v) is 4.78. The van der Waals surface area contributed by atoms with Crippen molar-refractivity contribution in [3.8, 4) is 0 Å². The highest BCUT2D eigenvalue weighted by Crippen LogP contribution is 2.52. The Morgan fingerprint density at radius 1 is 1.38 bits per heavy atom. The quantitative estimate of drug-likeness (QED) is 0.845. The van der Waals surface area contributed by atoms with Crippen molar-refractivity contribution in [1.82, 2.24) is 0 Å². The molecule has 3 heterocycles. The van der Waals surface area contributed by atoms with Gasteiger partial charge in [0.05, 0.1) is 18.6 Å². The Bertz CT molecular complexity index is 671. The third-order valence-electron chi connectivity index (χ3n) is 4.52. The molecule has 21 heavy (non-hydrogen) atoms. The molecule has 0 aromatic heterocycles. The van der Waals surface area contributed by atoms with Gasteiger partial charge in [-0.05, 0) is 24.3 Å². The number of nitrogens with zero attached hydrogens (tertiary/aromatic N) is 1. The number of carbonyl (C=O) groups excluding carboxylic acids is 1. The van der Waals surface area contributed by atoms with Gasteiger partial charge < -0.3 is 14.7 Å². The highest BCUT2D eigenvalue weighted by molar-refractivity contribution is 6.30. The Kier molecular flexibility index (Phi) is 2.50. The topological polar surface area (TPSA) is 66.8 Å². The van der Waals surface area contributed by atoms with Crippen molar-refractivity contribution >= 4 is 29.2 Å². The largest absolute Gasteiger partial charge is 0.481 e. The predicted octanol–water partition coefficient (Wildman–Crippen LogP) is 1.71. The van der Waals surface area contributed by atoms with E-state index in [1.165, 1.54) is 0 Å². The van der Waals surface area contributed by atoms with Crippen LogP contribution in [0.15, 0.2) is 36.4 Å². The van der Waals surface area contributed by atoms with Gasteiger partial charge in [-0.25, -0.2) is 0 Å². The number of aliphatic carboxylic acids is 1. The number of fused-ring (bicyclic) bond motifs is 1. The van der Waals surface area contributed by atoms with Crippen LogP contribution in [-0.2, 0) is 14.3 Å². The second-order valence-corrected chi connectivity index (χ2v) is 6.08. The number of ether oxygens (including phenoxy) is 1. The molecule has 2 bridgehead atoms. The van der Waals surface area contributed by atoms with Crippen molar-refractivity contribution < 1.29 is 19.4 Å². The van der Waals surface area contributed by atoms with E-state index in [0.717, 1.165) is 0 Å². The average molecular weight is 306 g/mol. The zero-order valence-electron chi connectivity index (χ0n) is 10.9. The molecule has 1 amide bonds. The number of halogens is 1. The maximum absolute atomic E-state index is 12.7. The first kappa shape index (κ1) is 12.9. The minimum Gasteiger partial charge on any atom is -0.481 e. The molecule has 6 heteroatoms. The van der Waals surface area contributed by atoms with Gasteiger partial charge in [-0.2, -0.15) is 0 Å². The second kappa shape index (κ2) is 4.08. The van der Waals surface area contributed by atoms with Crippen molar-refractivity contribution in [2.75, 3.05) is 11.4 Å². The lowest BCUT2D eigenvalue weighted by atomic mass is 9.77. The zero-order valence-corrected chi connectivity index (χ0v) is 11.7. The van der Waals surface area contributed by atoms with Crippen LogP contribution in [-0.4, -0.2) is 35.2 Å². The summed E-state index contributed by atoms with van der Waals surface area (Å²) in [6.45, 7) is 0.342. The van der Waals surface area contributed by atoms with Crippen LogP contribution in [0.2, 0.25) is 5.02 Å². The number of carboxylic acids is 1. The Morgan fingerprint density at radius 2 is 2.10 bits per heavy atom. The standard InChI is InChI=1S/C15H12ClNO4/c16-8-1-3-9(4-2-8)17-7-15-6-5-10(21-15)11(14(19)20)12(15)13(17)18/h1-6,10-12H,7H2,(H,19,20)/t10-,11-,12+,15-/m1/s1. The predicted molar refractivity (Wildman–Crippen MR) is 75.2 cm³/mol. The maximum Gasteiger partial charge on any atom is 0.310 e. The first-order valence-electron chi connectivity index (χ1n) is 6.69. The Balaban J connectivity index is 1.73. The van der Waals surface area contributed by atoms with Crippen LogP contribution in [0.25, 0.3) is 0 Å². The molecule has 1 N–H and O–H groups in total. The number of hydrogen-bond acceptors (Lipinski definition) is 3. The van der Waals surface area contributed by atoms with Gasteiger partial charge in [-0.1, -0.05) is 23.8 Å². The molecule has 4 rings (SSSR count). The van der Waals surface area contributed by atoms with E-state index in [9.17, 15) is 14.7 Å². The molecule has 2 fully saturated rings. The second-order valence-electron chi connectivity index (χ2n) is 5.64. The van der Waals surface area contributed by atoms with Gasteiger partial charge in [0.15, 0.2) is 0 Å². The van der Waals surface area contributed by atoms with Crippen molar-refractivity contribution in [3.63, 3.8) is 0 Å². The number of carbonyl (C=O) groups is 2. The van der Waals surface area contributed by atoms with Gasteiger partial charge >= 0.3 is 5.97 Å². The first-order chi connectivity index (χ1) is 10.0. The summed E-state index contributed by atoms with van der Waals surface area (Å²) in [5.74, 6) is -2.64. The van der Waals surface area contributed by atoms with E-state index in [2.05, 4.69) is 0 Å². The van der Waals surface area contributed by atoms with Gasteiger partial charge in [0.1, 0.15) is 11.5 Å². The molecule has 5 nitrogen and oxygen atoms in total. The number of carboxylic acid groups (broad SMARTS) is 1. The Labute approximate surface area is 125 Å².